The molecule has 3 N–H and O–H groups in total. The molecular weight excluding hydrogens is 349 g/mol. The zero-order chi connectivity index (χ0) is 15.6. The fraction of sp³-hybridized carbons (Fsp3) is 0.438. The predicted molar refractivity (Wildman–Crippen MR) is 99.8 cm³/mol. The molecule has 2 aromatic rings. The van der Waals surface area contributed by atoms with Gasteiger partial charge < -0.3 is 11.1 Å². The number of aromatic nitrogens is 3. The Bertz CT molecular complexity index is 578. The lowest BCUT2D eigenvalue weighted by molar-refractivity contribution is -0.121. The molecule has 1 amide bonds. The van der Waals surface area contributed by atoms with Crippen LogP contribution in [0.15, 0.2) is 37.1 Å². The van der Waals surface area contributed by atoms with Gasteiger partial charge in [-0.15, -0.1) is 24.8 Å². The van der Waals surface area contributed by atoms with Crippen molar-refractivity contribution in [2.75, 3.05) is 6.54 Å². The normalized spacial score (nSPS) is 9.71. The summed E-state index contributed by atoms with van der Waals surface area (Å²) in [6.45, 7) is 1.25. The van der Waals surface area contributed by atoms with E-state index < -0.39 is 0 Å². The molecule has 0 radical (unpaired) electrons. The van der Waals surface area contributed by atoms with E-state index in [1.807, 2.05) is 22.9 Å². The lowest BCUT2D eigenvalue weighted by atomic mass is 10.1. The maximum absolute atomic E-state index is 11.8. The molecule has 0 fully saturated rings. The Morgan fingerprint density at radius 3 is 2.67 bits per heavy atom. The zero-order valence-corrected chi connectivity index (χ0v) is 15.2. The maximum atomic E-state index is 11.8. The smallest absolute Gasteiger partial charge is 0.220 e. The van der Waals surface area contributed by atoms with Gasteiger partial charge in [-0.25, -0.2) is 9.97 Å². The van der Waals surface area contributed by atoms with Crippen LogP contribution in [-0.4, -0.2) is 27.0 Å². The summed E-state index contributed by atoms with van der Waals surface area (Å²) in [4.78, 5) is 20.1. The summed E-state index contributed by atoms with van der Waals surface area (Å²) in [5.41, 5.74) is 6.46. The first kappa shape index (κ1) is 22.4. The third-order valence-electron chi connectivity index (χ3n) is 3.43. The fourth-order valence-electron chi connectivity index (χ4n) is 2.18. The molecule has 0 spiro atoms. The van der Waals surface area contributed by atoms with Crippen molar-refractivity contribution in [2.45, 2.75) is 38.6 Å². The number of imidazole rings is 1. The molecule has 2 aromatic heterocycles. The average molecular weight is 374 g/mol. The Kier molecular flexibility index (Phi) is 11.9. The van der Waals surface area contributed by atoms with Crippen LogP contribution in [0.5, 0.6) is 0 Å². The van der Waals surface area contributed by atoms with Crippen molar-refractivity contribution in [3.05, 3.63) is 42.6 Å². The van der Waals surface area contributed by atoms with Crippen LogP contribution in [0.1, 0.15) is 37.7 Å². The SMILES string of the molecule is Cl.Cl.NCCCCCCC(=O)NCc1ccnc(-n2ccnc2)c1. The number of nitrogens with zero attached hydrogens (tertiary/aromatic N) is 3. The topological polar surface area (TPSA) is 85.8 Å². The van der Waals surface area contributed by atoms with Crippen LogP contribution in [0.3, 0.4) is 0 Å². The first-order valence-corrected chi connectivity index (χ1v) is 7.69. The number of hydrogen-bond acceptors (Lipinski definition) is 4. The molecule has 0 atom stereocenters. The first-order valence-electron chi connectivity index (χ1n) is 7.69. The van der Waals surface area contributed by atoms with Gasteiger partial charge in [-0.3, -0.25) is 9.36 Å². The molecule has 0 aromatic carbocycles. The van der Waals surface area contributed by atoms with Gasteiger partial charge in [0.25, 0.3) is 0 Å². The highest BCUT2D eigenvalue weighted by atomic mass is 35.5. The largest absolute Gasteiger partial charge is 0.352 e. The Morgan fingerprint density at radius 1 is 1.17 bits per heavy atom. The van der Waals surface area contributed by atoms with Crippen molar-refractivity contribution in [3.63, 3.8) is 0 Å². The van der Waals surface area contributed by atoms with E-state index in [0.29, 0.717) is 13.0 Å². The second-order valence-electron chi connectivity index (χ2n) is 5.22. The number of amides is 1. The fourth-order valence-corrected chi connectivity index (χ4v) is 2.18. The molecule has 0 aliphatic rings. The Balaban J connectivity index is 0.00000264. The first-order chi connectivity index (χ1) is 10.8. The van der Waals surface area contributed by atoms with Crippen LogP contribution >= 0.6 is 24.8 Å². The van der Waals surface area contributed by atoms with E-state index in [2.05, 4.69) is 15.3 Å². The van der Waals surface area contributed by atoms with Gasteiger partial charge in [-0.1, -0.05) is 12.8 Å². The highest BCUT2D eigenvalue weighted by Crippen LogP contribution is 2.07. The van der Waals surface area contributed by atoms with E-state index in [4.69, 9.17) is 5.73 Å². The van der Waals surface area contributed by atoms with Gasteiger partial charge in [0.1, 0.15) is 12.1 Å². The molecule has 0 aliphatic heterocycles. The summed E-state index contributed by atoms with van der Waals surface area (Å²) in [7, 11) is 0. The molecule has 8 heteroatoms. The summed E-state index contributed by atoms with van der Waals surface area (Å²) in [5, 5.41) is 2.95. The van der Waals surface area contributed by atoms with Gasteiger partial charge >= 0.3 is 0 Å². The van der Waals surface area contributed by atoms with Gasteiger partial charge in [0.2, 0.25) is 5.91 Å². The quantitative estimate of drug-likeness (QED) is 0.661. The minimum atomic E-state index is 0. The standard InChI is InChI=1S/C16H23N5O.2ClH/c17-7-4-2-1-3-5-16(22)20-12-14-6-8-19-15(11-14)21-10-9-18-13-21;;/h6,8-11,13H,1-5,7,12,17H2,(H,20,22);2*1H. The molecule has 0 unspecified atom stereocenters. The van der Waals surface area contributed by atoms with Gasteiger partial charge in [0, 0.05) is 31.6 Å². The van der Waals surface area contributed by atoms with Crippen molar-refractivity contribution in [2.24, 2.45) is 5.73 Å². The second-order valence-corrected chi connectivity index (χ2v) is 5.22. The molecular formula is C16H25Cl2N5O. The Labute approximate surface area is 155 Å². The van der Waals surface area contributed by atoms with Crippen LogP contribution in [-0.2, 0) is 11.3 Å². The molecule has 6 nitrogen and oxygen atoms in total. The maximum Gasteiger partial charge on any atom is 0.220 e. The van der Waals surface area contributed by atoms with E-state index in [1.165, 1.54) is 0 Å². The summed E-state index contributed by atoms with van der Waals surface area (Å²) in [6.07, 6.45) is 11.7. The van der Waals surface area contributed by atoms with Gasteiger partial charge in [0.05, 0.1) is 0 Å². The zero-order valence-electron chi connectivity index (χ0n) is 13.6. The van der Waals surface area contributed by atoms with Crippen molar-refractivity contribution in [3.8, 4) is 5.82 Å². The van der Waals surface area contributed by atoms with Crippen LogP contribution in [0.2, 0.25) is 0 Å². The Hall–Kier alpha value is -1.63. The molecule has 0 aliphatic carbocycles. The van der Waals surface area contributed by atoms with Gasteiger partial charge in [-0.2, -0.15) is 0 Å². The van der Waals surface area contributed by atoms with Gasteiger partial charge in [-0.05, 0) is 37.1 Å². The Morgan fingerprint density at radius 2 is 1.96 bits per heavy atom. The van der Waals surface area contributed by atoms with Crippen LogP contribution in [0, 0.1) is 0 Å². The lowest BCUT2D eigenvalue weighted by Crippen LogP contribution is -2.22. The summed E-state index contributed by atoms with van der Waals surface area (Å²) < 4.78 is 1.84. The minimum absolute atomic E-state index is 0. The number of halogens is 2. The number of unbranched alkanes of at least 4 members (excludes halogenated alkanes) is 3. The summed E-state index contributed by atoms with van der Waals surface area (Å²) in [5.74, 6) is 0.889. The number of nitrogens with two attached hydrogens (primary N) is 1. The number of carbonyl (C=O) groups excluding carboxylic acids is 1. The molecule has 2 rings (SSSR count). The number of hydrogen-bond donors (Lipinski definition) is 2. The lowest BCUT2D eigenvalue weighted by Gasteiger charge is -2.07. The molecule has 0 bridgehead atoms. The van der Waals surface area contributed by atoms with Crippen molar-refractivity contribution < 1.29 is 4.79 Å². The summed E-state index contributed by atoms with van der Waals surface area (Å²) >= 11 is 0. The third-order valence-corrected chi connectivity index (χ3v) is 3.43. The van der Waals surface area contributed by atoms with E-state index in [9.17, 15) is 4.79 Å². The highest BCUT2D eigenvalue weighted by molar-refractivity contribution is 5.85. The monoisotopic (exact) mass is 373 g/mol. The van der Waals surface area contributed by atoms with E-state index in [-0.39, 0.29) is 30.7 Å². The second kappa shape index (κ2) is 12.8. The highest BCUT2D eigenvalue weighted by Gasteiger charge is 2.03. The number of carbonyl (C=O) groups is 1. The van der Waals surface area contributed by atoms with Crippen molar-refractivity contribution >= 4 is 30.7 Å². The van der Waals surface area contributed by atoms with Crippen LogP contribution in [0.4, 0.5) is 0 Å². The minimum Gasteiger partial charge on any atom is -0.352 e. The third kappa shape index (κ3) is 7.77. The van der Waals surface area contributed by atoms with E-state index in [1.54, 1.807) is 18.7 Å². The number of rotatable bonds is 9. The molecule has 134 valence electrons. The van der Waals surface area contributed by atoms with Crippen LogP contribution in [0.25, 0.3) is 5.82 Å². The van der Waals surface area contributed by atoms with E-state index in [0.717, 1.165) is 43.6 Å². The molecule has 2 heterocycles. The number of nitrogens with one attached hydrogen (secondary N) is 1. The van der Waals surface area contributed by atoms with E-state index >= 15 is 0 Å². The number of pyridine rings is 1. The molecule has 24 heavy (non-hydrogen) atoms. The average Bonchev–Trinajstić information content (AvgIpc) is 3.07. The van der Waals surface area contributed by atoms with Crippen LogP contribution < -0.4 is 11.1 Å². The molecule has 0 saturated carbocycles. The van der Waals surface area contributed by atoms with Crippen molar-refractivity contribution in [1.29, 1.82) is 0 Å². The van der Waals surface area contributed by atoms with Gasteiger partial charge in [0.15, 0.2) is 0 Å². The predicted octanol–water partition coefficient (Wildman–Crippen LogP) is 2.64. The van der Waals surface area contributed by atoms with Crippen molar-refractivity contribution in [1.82, 2.24) is 19.9 Å². The summed E-state index contributed by atoms with van der Waals surface area (Å²) in [6, 6.07) is 3.85. The molecule has 0 saturated heterocycles.